The van der Waals surface area contributed by atoms with Gasteiger partial charge in [-0.05, 0) is 43.3 Å². The zero-order chi connectivity index (χ0) is 20.5. The van der Waals surface area contributed by atoms with Crippen molar-refractivity contribution in [1.82, 2.24) is 19.5 Å². The second kappa shape index (κ2) is 7.40. The molecule has 0 spiro atoms. The number of primary amides is 1. The van der Waals surface area contributed by atoms with Crippen LogP contribution in [-0.2, 0) is 0 Å². The SMILES string of the molecule is CCOc1ccccc1-c1nc(C(N)=O)c2[nH]c(=O)n(-c3ccc(Cl)cc3)c2n1. The van der Waals surface area contributed by atoms with Crippen LogP contribution >= 0.6 is 11.6 Å². The van der Waals surface area contributed by atoms with Crippen molar-refractivity contribution in [1.29, 1.82) is 0 Å². The van der Waals surface area contributed by atoms with Crippen LogP contribution in [-0.4, -0.2) is 32.0 Å². The Morgan fingerprint density at radius 1 is 1.17 bits per heavy atom. The van der Waals surface area contributed by atoms with E-state index in [2.05, 4.69) is 15.0 Å². The summed E-state index contributed by atoms with van der Waals surface area (Å²) in [7, 11) is 0. The first kappa shape index (κ1) is 18.7. The van der Waals surface area contributed by atoms with Crippen molar-refractivity contribution in [2.45, 2.75) is 6.92 Å². The van der Waals surface area contributed by atoms with E-state index in [0.717, 1.165) is 0 Å². The Balaban J connectivity index is 2.04. The Kier molecular flexibility index (Phi) is 4.77. The number of carbonyl (C=O) groups excluding carboxylic acids is 1. The summed E-state index contributed by atoms with van der Waals surface area (Å²) in [5, 5.41) is 0.528. The number of H-pyrrole nitrogens is 1. The minimum absolute atomic E-state index is 0.0823. The molecule has 2 aromatic heterocycles. The van der Waals surface area contributed by atoms with Crippen molar-refractivity contribution < 1.29 is 9.53 Å². The number of imidazole rings is 1. The standard InChI is InChI=1S/C20H16ClN5O3/c1-2-29-14-6-4-3-5-13(14)18-23-15(17(22)27)16-19(25-18)26(20(28)24-16)12-9-7-11(21)8-10-12/h3-10H,2H2,1H3,(H2,22,27)(H,24,28). The molecule has 3 N–H and O–H groups in total. The summed E-state index contributed by atoms with van der Waals surface area (Å²) in [6, 6.07) is 13.8. The minimum atomic E-state index is -0.781. The Bertz CT molecular complexity index is 1280. The summed E-state index contributed by atoms with van der Waals surface area (Å²) >= 11 is 5.95. The maximum Gasteiger partial charge on any atom is 0.332 e. The first-order chi connectivity index (χ1) is 14.0. The zero-order valence-electron chi connectivity index (χ0n) is 15.3. The molecule has 4 rings (SSSR count). The quantitative estimate of drug-likeness (QED) is 0.525. The highest BCUT2D eigenvalue weighted by Gasteiger charge is 2.21. The summed E-state index contributed by atoms with van der Waals surface area (Å²) in [5.41, 5.74) is 6.47. The fourth-order valence-corrected chi connectivity index (χ4v) is 3.17. The number of fused-ring (bicyclic) bond motifs is 1. The second-order valence-corrected chi connectivity index (χ2v) is 6.57. The zero-order valence-corrected chi connectivity index (χ0v) is 16.1. The van der Waals surface area contributed by atoms with Gasteiger partial charge in [-0.15, -0.1) is 0 Å². The molecule has 0 saturated carbocycles. The van der Waals surface area contributed by atoms with E-state index in [0.29, 0.717) is 28.6 Å². The van der Waals surface area contributed by atoms with Gasteiger partial charge in [0.2, 0.25) is 0 Å². The van der Waals surface area contributed by atoms with Crippen LogP contribution in [0.4, 0.5) is 0 Å². The molecule has 0 saturated heterocycles. The maximum atomic E-state index is 12.6. The third kappa shape index (κ3) is 3.34. The molecule has 1 amide bonds. The Labute approximate surface area is 169 Å². The van der Waals surface area contributed by atoms with Gasteiger partial charge in [0.15, 0.2) is 17.2 Å². The summed E-state index contributed by atoms with van der Waals surface area (Å²) in [6.45, 7) is 2.31. The molecule has 0 aliphatic rings. The topological polar surface area (TPSA) is 116 Å². The maximum absolute atomic E-state index is 12.6. The summed E-state index contributed by atoms with van der Waals surface area (Å²) in [5.74, 6) is -0.00481. The average molecular weight is 410 g/mol. The number of nitrogens with zero attached hydrogens (tertiary/aromatic N) is 3. The van der Waals surface area contributed by atoms with Gasteiger partial charge in [-0.1, -0.05) is 23.7 Å². The predicted molar refractivity (Wildman–Crippen MR) is 110 cm³/mol. The van der Waals surface area contributed by atoms with Crippen LogP contribution in [0.15, 0.2) is 53.3 Å². The van der Waals surface area contributed by atoms with E-state index in [1.54, 1.807) is 42.5 Å². The number of amides is 1. The van der Waals surface area contributed by atoms with Gasteiger partial charge in [0.25, 0.3) is 5.91 Å². The van der Waals surface area contributed by atoms with Gasteiger partial charge >= 0.3 is 5.69 Å². The van der Waals surface area contributed by atoms with Crippen LogP contribution in [0.2, 0.25) is 5.02 Å². The predicted octanol–water partition coefficient (Wildman–Crippen LogP) is 2.93. The molecule has 0 radical (unpaired) electrons. The first-order valence-corrected chi connectivity index (χ1v) is 9.18. The highest BCUT2D eigenvalue weighted by atomic mass is 35.5. The number of carbonyl (C=O) groups is 1. The van der Waals surface area contributed by atoms with Gasteiger partial charge in [0.1, 0.15) is 11.3 Å². The Hall–Kier alpha value is -3.65. The molecule has 0 bridgehead atoms. The third-order valence-corrected chi connectivity index (χ3v) is 4.53. The van der Waals surface area contributed by atoms with Crippen molar-refractivity contribution in [2.75, 3.05) is 6.61 Å². The highest BCUT2D eigenvalue weighted by molar-refractivity contribution is 6.30. The van der Waals surface area contributed by atoms with Gasteiger partial charge in [-0.3, -0.25) is 4.79 Å². The van der Waals surface area contributed by atoms with Crippen LogP contribution in [0.3, 0.4) is 0 Å². The molecule has 4 aromatic rings. The molecule has 0 fully saturated rings. The first-order valence-electron chi connectivity index (χ1n) is 8.80. The number of ether oxygens (including phenoxy) is 1. The average Bonchev–Trinajstić information content (AvgIpc) is 3.04. The van der Waals surface area contributed by atoms with E-state index in [9.17, 15) is 9.59 Å². The number of nitrogens with one attached hydrogen (secondary N) is 1. The number of aromatic amines is 1. The number of nitrogens with two attached hydrogens (primary N) is 1. The fourth-order valence-electron chi connectivity index (χ4n) is 3.05. The number of hydrogen-bond acceptors (Lipinski definition) is 5. The molecule has 9 heteroatoms. The summed E-state index contributed by atoms with van der Waals surface area (Å²) in [6.07, 6.45) is 0. The van der Waals surface area contributed by atoms with Crippen LogP contribution in [0.1, 0.15) is 17.4 Å². The van der Waals surface area contributed by atoms with Crippen molar-refractivity contribution in [3.63, 3.8) is 0 Å². The lowest BCUT2D eigenvalue weighted by atomic mass is 10.1. The van der Waals surface area contributed by atoms with Crippen LogP contribution in [0.5, 0.6) is 5.75 Å². The van der Waals surface area contributed by atoms with E-state index in [-0.39, 0.29) is 22.7 Å². The molecule has 0 aliphatic heterocycles. The van der Waals surface area contributed by atoms with E-state index < -0.39 is 11.6 Å². The number of rotatable bonds is 5. The van der Waals surface area contributed by atoms with Gasteiger partial charge in [-0.2, -0.15) is 0 Å². The molecule has 146 valence electrons. The largest absolute Gasteiger partial charge is 0.493 e. The fraction of sp³-hybridized carbons (Fsp3) is 0.100. The number of aromatic nitrogens is 4. The number of hydrogen-bond donors (Lipinski definition) is 2. The summed E-state index contributed by atoms with van der Waals surface area (Å²) < 4.78 is 6.99. The number of benzene rings is 2. The molecular formula is C20H16ClN5O3. The Morgan fingerprint density at radius 2 is 1.90 bits per heavy atom. The molecule has 29 heavy (non-hydrogen) atoms. The smallest absolute Gasteiger partial charge is 0.332 e. The molecular weight excluding hydrogens is 394 g/mol. The molecule has 2 heterocycles. The third-order valence-electron chi connectivity index (χ3n) is 4.28. The van der Waals surface area contributed by atoms with Crippen molar-refractivity contribution in [3.05, 3.63) is 69.7 Å². The lowest BCUT2D eigenvalue weighted by molar-refractivity contribution is 0.0997. The van der Waals surface area contributed by atoms with E-state index in [1.165, 1.54) is 4.57 Å². The highest BCUT2D eigenvalue weighted by Crippen LogP contribution is 2.29. The van der Waals surface area contributed by atoms with Crippen molar-refractivity contribution >= 4 is 28.7 Å². The number of halogens is 1. The van der Waals surface area contributed by atoms with Crippen LogP contribution in [0, 0.1) is 0 Å². The Morgan fingerprint density at radius 3 is 2.59 bits per heavy atom. The van der Waals surface area contributed by atoms with Gasteiger partial charge in [0.05, 0.1) is 17.9 Å². The van der Waals surface area contributed by atoms with Gasteiger partial charge < -0.3 is 15.5 Å². The van der Waals surface area contributed by atoms with Gasteiger partial charge in [0, 0.05) is 5.02 Å². The van der Waals surface area contributed by atoms with E-state index in [4.69, 9.17) is 22.1 Å². The van der Waals surface area contributed by atoms with Crippen molar-refractivity contribution in [2.24, 2.45) is 5.73 Å². The molecule has 8 nitrogen and oxygen atoms in total. The monoisotopic (exact) mass is 409 g/mol. The lowest BCUT2D eigenvalue weighted by Crippen LogP contribution is -2.15. The molecule has 0 atom stereocenters. The van der Waals surface area contributed by atoms with Crippen molar-refractivity contribution in [3.8, 4) is 22.8 Å². The van der Waals surface area contributed by atoms with Gasteiger partial charge in [-0.25, -0.2) is 19.3 Å². The van der Waals surface area contributed by atoms with Crippen LogP contribution < -0.4 is 16.2 Å². The molecule has 0 aliphatic carbocycles. The lowest BCUT2D eigenvalue weighted by Gasteiger charge is -2.10. The van der Waals surface area contributed by atoms with Crippen LogP contribution in [0.25, 0.3) is 28.2 Å². The second-order valence-electron chi connectivity index (χ2n) is 6.13. The normalized spacial score (nSPS) is 11.0. The van der Waals surface area contributed by atoms with E-state index >= 15 is 0 Å². The minimum Gasteiger partial charge on any atom is -0.493 e. The summed E-state index contributed by atoms with van der Waals surface area (Å²) in [4.78, 5) is 36.2. The molecule has 0 unspecified atom stereocenters. The number of para-hydroxylation sites is 1. The van der Waals surface area contributed by atoms with E-state index in [1.807, 2.05) is 13.0 Å². The molecule has 2 aromatic carbocycles.